The summed E-state index contributed by atoms with van der Waals surface area (Å²) >= 11 is 17.9. The highest BCUT2D eigenvalue weighted by atomic mass is 79.9. The Bertz CT molecular complexity index is 628. The monoisotopic (exact) mass is 450 g/mol. The molecule has 1 aliphatic heterocycles. The molecule has 0 fully saturated rings. The van der Waals surface area contributed by atoms with Crippen molar-refractivity contribution in [2.24, 2.45) is 0 Å². The first-order valence-corrected chi connectivity index (χ1v) is 10.3. The lowest BCUT2D eigenvalue weighted by atomic mass is 10.1. The Kier molecular flexibility index (Phi) is 4.88. The van der Waals surface area contributed by atoms with Crippen molar-refractivity contribution in [3.8, 4) is 0 Å². The zero-order valence-corrected chi connectivity index (χ0v) is 16.4. The molecule has 0 radical (unpaired) electrons. The second-order valence-corrected chi connectivity index (χ2v) is 9.30. The van der Waals surface area contributed by atoms with E-state index in [0.717, 1.165) is 20.3 Å². The number of alkyl halides is 1. The molecule has 0 saturated carbocycles. The molecule has 0 saturated heterocycles. The molecule has 1 atom stereocenters. The number of fused-ring (bicyclic) bond motifs is 1. The molecule has 0 bridgehead atoms. The van der Waals surface area contributed by atoms with Gasteiger partial charge in [0, 0.05) is 24.5 Å². The van der Waals surface area contributed by atoms with Gasteiger partial charge in [-0.3, -0.25) is 0 Å². The molecular formula is C15H13Br2ClS2. The van der Waals surface area contributed by atoms with Crippen molar-refractivity contribution >= 4 is 66.6 Å². The number of benzene rings is 1. The second-order valence-electron chi connectivity index (χ2n) is 4.89. The van der Waals surface area contributed by atoms with E-state index < -0.39 is 0 Å². The van der Waals surface area contributed by atoms with Crippen LogP contribution in [0.25, 0.3) is 0 Å². The van der Waals surface area contributed by atoms with E-state index in [0.29, 0.717) is 0 Å². The van der Waals surface area contributed by atoms with Crippen LogP contribution in [0, 0.1) is 6.92 Å². The lowest BCUT2D eigenvalue weighted by Crippen LogP contribution is -1.96. The van der Waals surface area contributed by atoms with Crippen LogP contribution >= 0.6 is 66.6 Å². The van der Waals surface area contributed by atoms with Crippen LogP contribution in [-0.4, -0.2) is 5.75 Å². The minimum absolute atomic E-state index is 0.0816. The predicted octanol–water partition coefficient (Wildman–Crippen LogP) is 6.70. The summed E-state index contributed by atoms with van der Waals surface area (Å²) < 4.78 is 2.19. The average molecular weight is 453 g/mol. The minimum Gasteiger partial charge on any atom is -0.157 e. The zero-order valence-electron chi connectivity index (χ0n) is 10.9. The first-order chi connectivity index (χ1) is 9.56. The van der Waals surface area contributed by atoms with Gasteiger partial charge >= 0.3 is 0 Å². The molecule has 0 nitrogen and oxygen atoms in total. The predicted molar refractivity (Wildman–Crippen MR) is 98.5 cm³/mol. The SMILES string of the molecule is Cc1cc(Br)c(C(Cl)c2cc3c(s2)CCSC3)cc1Br. The lowest BCUT2D eigenvalue weighted by molar-refractivity contribution is 1.12. The number of thiophene rings is 1. The molecule has 3 rings (SSSR count). The van der Waals surface area contributed by atoms with Gasteiger partial charge in [-0.25, -0.2) is 0 Å². The van der Waals surface area contributed by atoms with Gasteiger partial charge in [0.1, 0.15) is 0 Å². The Balaban J connectivity index is 1.98. The summed E-state index contributed by atoms with van der Waals surface area (Å²) in [5.41, 5.74) is 3.83. The van der Waals surface area contributed by atoms with Gasteiger partial charge in [0.15, 0.2) is 0 Å². The first kappa shape index (κ1) is 15.4. The van der Waals surface area contributed by atoms with Gasteiger partial charge in [0.25, 0.3) is 0 Å². The Labute approximate surface area is 149 Å². The Hall–Kier alpha value is 0.520. The molecule has 2 heterocycles. The number of rotatable bonds is 2. The van der Waals surface area contributed by atoms with Gasteiger partial charge in [0.05, 0.1) is 5.38 Å². The quantitative estimate of drug-likeness (QED) is 0.457. The Morgan fingerprint density at radius 1 is 1.20 bits per heavy atom. The van der Waals surface area contributed by atoms with E-state index in [-0.39, 0.29) is 5.38 Å². The molecule has 1 aromatic heterocycles. The number of halogens is 3. The van der Waals surface area contributed by atoms with E-state index in [1.807, 2.05) is 23.1 Å². The van der Waals surface area contributed by atoms with E-state index in [1.54, 1.807) is 0 Å². The van der Waals surface area contributed by atoms with Crippen LogP contribution < -0.4 is 0 Å². The third-order valence-electron chi connectivity index (χ3n) is 3.45. The molecule has 0 N–H and O–H groups in total. The molecule has 2 aromatic rings. The van der Waals surface area contributed by atoms with E-state index in [4.69, 9.17) is 11.6 Å². The molecule has 20 heavy (non-hydrogen) atoms. The van der Waals surface area contributed by atoms with Crippen LogP contribution in [0.5, 0.6) is 0 Å². The molecule has 1 aromatic carbocycles. The smallest absolute Gasteiger partial charge is 0.0939 e. The highest BCUT2D eigenvalue weighted by Gasteiger charge is 2.21. The number of aryl methyl sites for hydroxylation is 2. The van der Waals surface area contributed by atoms with Crippen LogP contribution in [0.3, 0.4) is 0 Å². The van der Waals surface area contributed by atoms with E-state index >= 15 is 0 Å². The topological polar surface area (TPSA) is 0 Å². The summed E-state index contributed by atoms with van der Waals surface area (Å²) in [5.74, 6) is 2.37. The van der Waals surface area contributed by atoms with Crippen LogP contribution in [0.2, 0.25) is 0 Å². The van der Waals surface area contributed by atoms with E-state index in [2.05, 4.69) is 57.0 Å². The van der Waals surface area contributed by atoms with Crippen LogP contribution in [0.4, 0.5) is 0 Å². The summed E-state index contributed by atoms with van der Waals surface area (Å²) in [7, 11) is 0. The largest absolute Gasteiger partial charge is 0.157 e. The molecule has 5 heteroatoms. The normalized spacial score (nSPS) is 16.0. The Morgan fingerprint density at radius 3 is 2.75 bits per heavy atom. The minimum atomic E-state index is -0.0816. The van der Waals surface area contributed by atoms with Gasteiger partial charge < -0.3 is 0 Å². The molecule has 0 aliphatic carbocycles. The maximum absolute atomic E-state index is 6.73. The van der Waals surface area contributed by atoms with Crippen molar-refractivity contribution in [1.82, 2.24) is 0 Å². The van der Waals surface area contributed by atoms with Crippen LogP contribution in [-0.2, 0) is 12.2 Å². The average Bonchev–Trinajstić information content (AvgIpc) is 2.86. The highest BCUT2D eigenvalue weighted by Crippen LogP contribution is 2.42. The number of thioether (sulfide) groups is 1. The summed E-state index contributed by atoms with van der Waals surface area (Å²) in [5, 5.41) is -0.0816. The van der Waals surface area contributed by atoms with Crippen molar-refractivity contribution in [2.75, 3.05) is 5.75 Å². The summed E-state index contributed by atoms with van der Waals surface area (Å²) in [6, 6.07) is 6.55. The maximum Gasteiger partial charge on any atom is 0.0939 e. The van der Waals surface area contributed by atoms with Gasteiger partial charge in [0.2, 0.25) is 0 Å². The third-order valence-corrected chi connectivity index (χ3v) is 7.90. The molecule has 0 spiro atoms. The van der Waals surface area contributed by atoms with Crippen molar-refractivity contribution < 1.29 is 0 Å². The molecule has 1 unspecified atom stereocenters. The van der Waals surface area contributed by atoms with Crippen LogP contribution in [0.1, 0.15) is 31.8 Å². The summed E-state index contributed by atoms with van der Waals surface area (Å²) in [6.45, 7) is 2.09. The Morgan fingerprint density at radius 2 is 2.00 bits per heavy atom. The standard InChI is InChI=1S/C15H13Br2ClS2/c1-8-4-12(17)10(6-11(8)16)15(18)14-5-9-7-19-3-2-13(9)20-14/h4-6,15H,2-3,7H2,1H3. The van der Waals surface area contributed by atoms with Gasteiger partial charge in [-0.1, -0.05) is 31.9 Å². The molecular weight excluding hydrogens is 440 g/mol. The summed E-state index contributed by atoms with van der Waals surface area (Å²) in [6.07, 6.45) is 1.19. The number of hydrogen-bond acceptors (Lipinski definition) is 2. The summed E-state index contributed by atoms with van der Waals surface area (Å²) in [4.78, 5) is 2.78. The van der Waals surface area contributed by atoms with Gasteiger partial charge in [-0.2, -0.15) is 11.8 Å². The fraction of sp³-hybridized carbons (Fsp3) is 0.333. The third kappa shape index (κ3) is 3.00. The van der Waals surface area contributed by atoms with Gasteiger partial charge in [-0.15, -0.1) is 22.9 Å². The molecule has 0 amide bonds. The fourth-order valence-electron chi connectivity index (χ4n) is 2.30. The van der Waals surface area contributed by atoms with Crippen LogP contribution in [0.15, 0.2) is 27.1 Å². The zero-order chi connectivity index (χ0) is 14.3. The second kappa shape index (κ2) is 6.33. The lowest BCUT2D eigenvalue weighted by Gasteiger charge is -2.12. The highest BCUT2D eigenvalue weighted by molar-refractivity contribution is 9.11. The van der Waals surface area contributed by atoms with Crippen molar-refractivity contribution in [2.45, 2.75) is 24.5 Å². The van der Waals surface area contributed by atoms with Gasteiger partial charge in [-0.05, 0) is 54.0 Å². The van der Waals surface area contributed by atoms with E-state index in [1.165, 1.54) is 33.1 Å². The molecule has 106 valence electrons. The number of hydrogen-bond donors (Lipinski definition) is 0. The first-order valence-electron chi connectivity index (χ1n) is 6.35. The molecule has 1 aliphatic rings. The van der Waals surface area contributed by atoms with Crippen molar-refractivity contribution in [1.29, 1.82) is 0 Å². The maximum atomic E-state index is 6.73. The van der Waals surface area contributed by atoms with Crippen molar-refractivity contribution in [3.63, 3.8) is 0 Å². The van der Waals surface area contributed by atoms with E-state index in [9.17, 15) is 0 Å². The van der Waals surface area contributed by atoms with Crippen molar-refractivity contribution in [3.05, 3.63) is 53.6 Å². The fourth-order valence-corrected chi connectivity index (χ4v) is 6.23.